The van der Waals surface area contributed by atoms with E-state index in [2.05, 4.69) is 29.0 Å². The lowest BCUT2D eigenvalue weighted by molar-refractivity contribution is 0.0268. The Morgan fingerprint density at radius 3 is 2.78 bits per heavy atom. The summed E-state index contributed by atoms with van der Waals surface area (Å²) in [7, 11) is 1.62. The van der Waals surface area contributed by atoms with Crippen molar-refractivity contribution in [1.29, 1.82) is 0 Å². The summed E-state index contributed by atoms with van der Waals surface area (Å²) in [5, 5.41) is 3.42. The first-order valence-electron chi connectivity index (χ1n) is 9.96. The normalized spacial score (nSPS) is 22.2. The van der Waals surface area contributed by atoms with Gasteiger partial charge >= 0.3 is 6.09 Å². The highest BCUT2D eigenvalue weighted by molar-refractivity contribution is 5.70. The molecule has 1 aromatic heterocycles. The summed E-state index contributed by atoms with van der Waals surface area (Å²) in [4.78, 5) is 21.7. The number of rotatable bonds is 5. The SMILES string of the molecule is COCc1cccc(OC(=O)N2CCN(C(C)C)CC2C2CCNCC2)n1. The standard InChI is InChI=1S/C20H32N4O3/c1-15(2)23-11-12-24(18(13-23)16-7-9-21-10-8-16)20(25)27-19-6-4-5-17(22-19)14-26-3/h4-6,15-16,18,21H,7-14H2,1-3H3. The zero-order valence-corrected chi connectivity index (χ0v) is 16.7. The van der Waals surface area contributed by atoms with Crippen LogP contribution in [0.4, 0.5) is 4.79 Å². The van der Waals surface area contributed by atoms with E-state index in [0.29, 0.717) is 31.0 Å². The highest BCUT2D eigenvalue weighted by atomic mass is 16.6. The summed E-state index contributed by atoms with van der Waals surface area (Å²) in [5.74, 6) is 0.845. The Hall–Kier alpha value is -1.70. The molecule has 1 aromatic rings. The van der Waals surface area contributed by atoms with Gasteiger partial charge in [-0.25, -0.2) is 9.78 Å². The van der Waals surface area contributed by atoms with Crippen molar-refractivity contribution in [3.8, 4) is 5.88 Å². The molecule has 3 heterocycles. The fraction of sp³-hybridized carbons (Fsp3) is 0.700. The van der Waals surface area contributed by atoms with E-state index in [-0.39, 0.29) is 12.1 Å². The van der Waals surface area contributed by atoms with E-state index in [0.717, 1.165) is 44.7 Å². The number of amides is 1. The van der Waals surface area contributed by atoms with E-state index in [1.54, 1.807) is 13.2 Å². The number of piperazine rings is 1. The minimum absolute atomic E-state index is 0.193. The maximum atomic E-state index is 13.0. The van der Waals surface area contributed by atoms with Gasteiger partial charge in [0, 0.05) is 38.9 Å². The van der Waals surface area contributed by atoms with Crippen molar-refractivity contribution in [2.75, 3.05) is 39.8 Å². The van der Waals surface area contributed by atoms with Gasteiger partial charge in [0.1, 0.15) is 0 Å². The Balaban J connectivity index is 1.71. The summed E-state index contributed by atoms with van der Waals surface area (Å²) < 4.78 is 10.8. The third-order valence-electron chi connectivity index (χ3n) is 5.61. The van der Waals surface area contributed by atoms with Crippen LogP contribution in [0, 0.1) is 5.92 Å². The van der Waals surface area contributed by atoms with Crippen LogP contribution in [-0.4, -0.2) is 72.8 Å². The molecule has 0 bridgehead atoms. The Morgan fingerprint density at radius 1 is 1.30 bits per heavy atom. The van der Waals surface area contributed by atoms with Crippen LogP contribution in [-0.2, 0) is 11.3 Å². The van der Waals surface area contributed by atoms with Gasteiger partial charge in [-0.2, -0.15) is 0 Å². The van der Waals surface area contributed by atoms with Gasteiger partial charge in [0.15, 0.2) is 0 Å². The molecule has 2 fully saturated rings. The molecule has 1 atom stereocenters. The molecule has 0 aromatic carbocycles. The zero-order valence-electron chi connectivity index (χ0n) is 16.7. The predicted octanol–water partition coefficient (Wildman–Crippen LogP) is 2.12. The number of carbonyl (C=O) groups is 1. The fourth-order valence-corrected chi connectivity index (χ4v) is 4.05. The maximum Gasteiger partial charge on any atom is 0.416 e. The summed E-state index contributed by atoms with van der Waals surface area (Å²) in [6, 6.07) is 6.10. The number of nitrogens with zero attached hydrogens (tertiary/aromatic N) is 3. The summed E-state index contributed by atoms with van der Waals surface area (Å²) in [6.07, 6.45) is 1.91. The van der Waals surface area contributed by atoms with Crippen LogP contribution < -0.4 is 10.1 Å². The second-order valence-electron chi connectivity index (χ2n) is 7.71. The highest BCUT2D eigenvalue weighted by Gasteiger charge is 2.37. The minimum Gasteiger partial charge on any atom is -0.391 e. The molecule has 1 N–H and O–H groups in total. The number of nitrogens with one attached hydrogen (secondary N) is 1. The van der Waals surface area contributed by atoms with Crippen LogP contribution in [0.15, 0.2) is 18.2 Å². The Bertz CT molecular complexity index is 619. The molecule has 0 radical (unpaired) electrons. The van der Waals surface area contributed by atoms with Crippen molar-refractivity contribution in [2.24, 2.45) is 5.92 Å². The lowest BCUT2D eigenvalue weighted by atomic mass is 9.87. The van der Waals surface area contributed by atoms with Crippen LogP contribution in [0.25, 0.3) is 0 Å². The smallest absolute Gasteiger partial charge is 0.391 e. The van der Waals surface area contributed by atoms with Gasteiger partial charge in [-0.15, -0.1) is 0 Å². The number of aromatic nitrogens is 1. The summed E-state index contributed by atoms with van der Waals surface area (Å²) in [5.41, 5.74) is 0.752. The van der Waals surface area contributed by atoms with Crippen molar-refractivity contribution >= 4 is 6.09 Å². The van der Waals surface area contributed by atoms with Gasteiger partial charge in [0.2, 0.25) is 5.88 Å². The van der Waals surface area contributed by atoms with Crippen LogP contribution in [0.1, 0.15) is 32.4 Å². The molecule has 1 amide bonds. The molecule has 27 heavy (non-hydrogen) atoms. The van der Waals surface area contributed by atoms with Crippen LogP contribution in [0.3, 0.4) is 0 Å². The highest BCUT2D eigenvalue weighted by Crippen LogP contribution is 2.26. The lowest BCUT2D eigenvalue weighted by Crippen LogP contribution is -2.60. The first-order valence-corrected chi connectivity index (χ1v) is 9.96. The minimum atomic E-state index is -0.288. The quantitative estimate of drug-likeness (QED) is 0.849. The lowest BCUT2D eigenvalue weighted by Gasteiger charge is -2.46. The molecule has 1 unspecified atom stereocenters. The molecule has 2 aliphatic rings. The second-order valence-corrected chi connectivity index (χ2v) is 7.71. The molecular weight excluding hydrogens is 344 g/mol. The molecule has 2 aliphatic heterocycles. The topological polar surface area (TPSA) is 66.9 Å². The maximum absolute atomic E-state index is 13.0. The second kappa shape index (κ2) is 9.48. The van der Waals surface area contributed by atoms with Gasteiger partial charge in [0.05, 0.1) is 18.3 Å². The average molecular weight is 377 g/mol. The Labute approximate surface area is 162 Å². The fourth-order valence-electron chi connectivity index (χ4n) is 4.05. The van der Waals surface area contributed by atoms with E-state index >= 15 is 0 Å². The number of pyridine rings is 1. The van der Waals surface area contributed by atoms with Crippen molar-refractivity contribution in [2.45, 2.75) is 45.4 Å². The monoisotopic (exact) mass is 376 g/mol. The number of ether oxygens (including phenoxy) is 2. The first-order chi connectivity index (χ1) is 13.1. The van der Waals surface area contributed by atoms with E-state index in [9.17, 15) is 4.79 Å². The molecule has 3 rings (SSSR count). The molecular formula is C20H32N4O3. The molecule has 2 saturated heterocycles. The van der Waals surface area contributed by atoms with Crippen molar-refractivity contribution < 1.29 is 14.3 Å². The Kier molecular flexibility index (Phi) is 7.04. The predicted molar refractivity (Wildman–Crippen MR) is 104 cm³/mol. The van der Waals surface area contributed by atoms with Crippen LogP contribution in [0.2, 0.25) is 0 Å². The summed E-state index contributed by atoms with van der Waals surface area (Å²) in [6.45, 7) is 9.37. The molecule has 0 spiro atoms. The average Bonchev–Trinajstić information content (AvgIpc) is 2.68. The third kappa shape index (κ3) is 5.18. The Morgan fingerprint density at radius 2 is 2.07 bits per heavy atom. The third-order valence-corrected chi connectivity index (χ3v) is 5.61. The van der Waals surface area contributed by atoms with Gasteiger partial charge in [0.25, 0.3) is 0 Å². The molecule has 150 valence electrons. The first kappa shape index (κ1) is 20.0. The zero-order chi connectivity index (χ0) is 19.2. The molecule has 7 nitrogen and oxygen atoms in total. The molecule has 0 saturated carbocycles. The van der Waals surface area contributed by atoms with Crippen LogP contribution >= 0.6 is 0 Å². The number of piperidine rings is 1. The number of hydrogen-bond acceptors (Lipinski definition) is 6. The summed E-state index contributed by atoms with van der Waals surface area (Å²) >= 11 is 0. The molecule has 0 aliphatic carbocycles. The van der Waals surface area contributed by atoms with E-state index < -0.39 is 0 Å². The van der Waals surface area contributed by atoms with Gasteiger partial charge < -0.3 is 19.7 Å². The van der Waals surface area contributed by atoms with Gasteiger partial charge in [-0.3, -0.25) is 4.90 Å². The number of carbonyl (C=O) groups excluding carboxylic acids is 1. The van der Waals surface area contributed by atoms with Gasteiger partial charge in [-0.1, -0.05) is 6.07 Å². The van der Waals surface area contributed by atoms with E-state index in [1.165, 1.54) is 0 Å². The van der Waals surface area contributed by atoms with E-state index in [4.69, 9.17) is 9.47 Å². The molecule has 7 heteroatoms. The number of hydrogen-bond donors (Lipinski definition) is 1. The van der Waals surface area contributed by atoms with Crippen molar-refractivity contribution in [3.05, 3.63) is 23.9 Å². The van der Waals surface area contributed by atoms with Crippen molar-refractivity contribution in [1.82, 2.24) is 20.1 Å². The number of methoxy groups -OCH3 is 1. The van der Waals surface area contributed by atoms with E-state index in [1.807, 2.05) is 17.0 Å². The van der Waals surface area contributed by atoms with Crippen LogP contribution in [0.5, 0.6) is 5.88 Å². The largest absolute Gasteiger partial charge is 0.416 e. The van der Waals surface area contributed by atoms with Crippen molar-refractivity contribution in [3.63, 3.8) is 0 Å². The van der Waals surface area contributed by atoms with Gasteiger partial charge in [-0.05, 0) is 51.8 Å².